The van der Waals surface area contributed by atoms with Gasteiger partial charge >= 0.3 is 0 Å². The molecule has 0 aliphatic carbocycles. The molecule has 0 saturated carbocycles. The number of sulfone groups is 1. The molecule has 2 N–H and O–H groups in total. The van der Waals surface area contributed by atoms with Crippen molar-refractivity contribution in [2.45, 2.75) is 11.3 Å². The Morgan fingerprint density at radius 3 is 2.69 bits per heavy atom. The van der Waals surface area contributed by atoms with Crippen molar-refractivity contribution in [3.63, 3.8) is 0 Å². The van der Waals surface area contributed by atoms with Crippen LogP contribution >= 0.6 is 0 Å². The first-order valence-corrected chi connectivity index (χ1v) is 9.65. The lowest BCUT2D eigenvalue weighted by molar-refractivity contribution is 0.0963. The van der Waals surface area contributed by atoms with E-state index in [0.29, 0.717) is 29.2 Å². The van der Waals surface area contributed by atoms with Crippen molar-refractivity contribution >= 4 is 33.0 Å². The zero-order valence-corrected chi connectivity index (χ0v) is 15.0. The standard InChI is InChI=1S/C18H16N4O3S/c1-20-18(23)11-4-3-5-14(7-11)21-17-8-12-6-13(10-19)16(26(2,24)25)9-15(12)22-17/h3-7,9H,8H2,1-2H3,(H,20,23)(H,21,22). The van der Waals surface area contributed by atoms with E-state index in [1.807, 2.05) is 6.07 Å². The van der Waals surface area contributed by atoms with Gasteiger partial charge in [0.1, 0.15) is 11.9 Å². The number of fused-ring (bicyclic) bond motifs is 1. The van der Waals surface area contributed by atoms with Gasteiger partial charge in [-0.15, -0.1) is 0 Å². The van der Waals surface area contributed by atoms with Gasteiger partial charge in [0.05, 0.1) is 16.1 Å². The number of hydrogen-bond donors (Lipinski definition) is 2. The number of amidine groups is 1. The molecule has 0 spiro atoms. The summed E-state index contributed by atoms with van der Waals surface area (Å²) in [5.41, 5.74) is 2.62. The van der Waals surface area contributed by atoms with Gasteiger partial charge in [-0.05, 0) is 35.9 Å². The summed E-state index contributed by atoms with van der Waals surface area (Å²) in [4.78, 5) is 16.1. The van der Waals surface area contributed by atoms with Crippen molar-refractivity contribution in [3.8, 4) is 6.07 Å². The molecule has 0 saturated heterocycles. The molecule has 0 fully saturated rings. The number of carbonyl (C=O) groups is 1. The van der Waals surface area contributed by atoms with E-state index < -0.39 is 9.84 Å². The summed E-state index contributed by atoms with van der Waals surface area (Å²) in [5.74, 6) is 0.422. The fraction of sp³-hybridized carbons (Fsp3) is 0.167. The first-order valence-electron chi connectivity index (χ1n) is 7.75. The molecule has 0 unspecified atom stereocenters. The van der Waals surface area contributed by atoms with E-state index in [0.717, 1.165) is 11.8 Å². The first kappa shape index (κ1) is 17.6. The lowest BCUT2D eigenvalue weighted by Crippen LogP contribution is -2.18. The van der Waals surface area contributed by atoms with E-state index in [2.05, 4.69) is 15.6 Å². The van der Waals surface area contributed by atoms with Crippen LogP contribution in [0.3, 0.4) is 0 Å². The van der Waals surface area contributed by atoms with Gasteiger partial charge in [-0.1, -0.05) is 6.07 Å². The third kappa shape index (κ3) is 3.43. The molecule has 1 amide bonds. The van der Waals surface area contributed by atoms with E-state index in [9.17, 15) is 18.5 Å². The Kier molecular flexibility index (Phi) is 4.49. The molecule has 8 heteroatoms. The highest BCUT2D eigenvalue weighted by atomic mass is 32.2. The molecule has 0 aromatic heterocycles. The van der Waals surface area contributed by atoms with Crippen LogP contribution in [-0.4, -0.2) is 33.5 Å². The normalized spacial score (nSPS) is 12.7. The van der Waals surface area contributed by atoms with Crippen molar-refractivity contribution in [2.75, 3.05) is 18.6 Å². The summed E-state index contributed by atoms with van der Waals surface area (Å²) in [7, 11) is -1.96. The molecule has 0 atom stereocenters. The van der Waals surface area contributed by atoms with Crippen molar-refractivity contribution in [1.29, 1.82) is 5.26 Å². The van der Waals surface area contributed by atoms with Gasteiger partial charge in [-0.2, -0.15) is 5.26 Å². The van der Waals surface area contributed by atoms with Crippen LogP contribution in [0.1, 0.15) is 21.5 Å². The number of hydrogen-bond acceptors (Lipinski definition) is 6. The molecule has 2 aromatic carbocycles. The Morgan fingerprint density at radius 1 is 1.27 bits per heavy atom. The SMILES string of the molecule is CNC(=O)c1cccc(NC2=Nc3cc(S(C)(=O)=O)c(C#N)cc3C2)c1. The van der Waals surface area contributed by atoms with Crippen LogP contribution in [0.15, 0.2) is 46.3 Å². The van der Waals surface area contributed by atoms with Gasteiger partial charge in [-0.3, -0.25) is 4.79 Å². The predicted molar refractivity (Wildman–Crippen MR) is 98.5 cm³/mol. The van der Waals surface area contributed by atoms with Gasteiger partial charge in [-0.25, -0.2) is 13.4 Å². The third-order valence-electron chi connectivity index (χ3n) is 3.95. The molecule has 2 aromatic rings. The van der Waals surface area contributed by atoms with Crippen LogP contribution in [0.2, 0.25) is 0 Å². The van der Waals surface area contributed by atoms with Crippen LogP contribution in [0.5, 0.6) is 0 Å². The van der Waals surface area contributed by atoms with Crippen molar-refractivity contribution in [2.24, 2.45) is 4.99 Å². The second-order valence-electron chi connectivity index (χ2n) is 5.88. The second-order valence-corrected chi connectivity index (χ2v) is 7.87. The Balaban J connectivity index is 1.90. The van der Waals surface area contributed by atoms with E-state index in [-0.39, 0.29) is 16.4 Å². The maximum Gasteiger partial charge on any atom is 0.251 e. The smallest absolute Gasteiger partial charge is 0.251 e. The molecule has 26 heavy (non-hydrogen) atoms. The maximum atomic E-state index is 11.9. The Morgan fingerprint density at radius 2 is 2.04 bits per heavy atom. The van der Waals surface area contributed by atoms with Crippen LogP contribution in [-0.2, 0) is 16.3 Å². The number of amides is 1. The minimum Gasteiger partial charge on any atom is -0.355 e. The number of nitriles is 1. The summed E-state index contributed by atoms with van der Waals surface area (Å²) >= 11 is 0. The van der Waals surface area contributed by atoms with Gasteiger partial charge in [0.2, 0.25) is 0 Å². The zero-order valence-electron chi connectivity index (χ0n) is 14.2. The summed E-state index contributed by atoms with van der Waals surface area (Å²) < 4.78 is 23.7. The summed E-state index contributed by atoms with van der Waals surface area (Å²) in [5, 5.41) is 14.9. The topological polar surface area (TPSA) is 111 Å². The molecule has 132 valence electrons. The fourth-order valence-corrected chi connectivity index (χ4v) is 3.57. The minimum atomic E-state index is -3.52. The zero-order chi connectivity index (χ0) is 18.9. The van der Waals surface area contributed by atoms with Gasteiger partial charge in [0.15, 0.2) is 9.84 Å². The average Bonchev–Trinajstić information content (AvgIpc) is 3.00. The first-order chi connectivity index (χ1) is 12.3. The Labute approximate surface area is 151 Å². The van der Waals surface area contributed by atoms with E-state index in [1.165, 1.54) is 6.07 Å². The fourth-order valence-electron chi connectivity index (χ4n) is 2.74. The monoisotopic (exact) mass is 368 g/mol. The van der Waals surface area contributed by atoms with Crippen LogP contribution < -0.4 is 10.6 Å². The largest absolute Gasteiger partial charge is 0.355 e. The Bertz CT molecular complexity index is 1080. The summed E-state index contributed by atoms with van der Waals surface area (Å²) in [6.45, 7) is 0. The molecule has 3 rings (SSSR count). The van der Waals surface area contributed by atoms with Gasteiger partial charge in [0.25, 0.3) is 5.91 Å². The molecule has 1 heterocycles. The van der Waals surface area contributed by atoms with Crippen LogP contribution in [0.4, 0.5) is 11.4 Å². The quantitative estimate of drug-likeness (QED) is 0.861. The van der Waals surface area contributed by atoms with E-state index in [1.54, 1.807) is 37.4 Å². The van der Waals surface area contributed by atoms with Gasteiger partial charge in [0, 0.05) is 31.0 Å². The van der Waals surface area contributed by atoms with Crippen LogP contribution in [0, 0.1) is 11.3 Å². The number of nitrogens with zero attached hydrogens (tertiary/aromatic N) is 2. The number of anilines is 1. The number of rotatable bonds is 3. The molecule has 1 aliphatic heterocycles. The molecular formula is C18H16N4O3S. The van der Waals surface area contributed by atoms with Crippen molar-refractivity contribution in [3.05, 3.63) is 53.1 Å². The Hall–Kier alpha value is -3.18. The van der Waals surface area contributed by atoms with Gasteiger partial charge < -0.3 is 10.6 Å². The summed E-state index contributed by atoms with van der Waals surface area (Å²) in [6, 6.07) is 11.9. The highest BCUT2D eigenvalue weighted by molar-refractivity contribution is 7.90. The third-order valence-corrected chi connectivity index (χ3v) is 5.09. The predicted octanol–water partition coefficient (Wildman–Crippen LogP) is 2.02. The lowest BCUT2D eigenvalue weighted by Gasteiger charge is -2.07. The average molecular weight is 368 g/mol. The second kappa shape index (κ2) is 6.61. The van der Waals surface area contributed by atoms with E-state index >= 15 is 0 Å². The molecule has 7 nitrogen and oxygen atoms in total. The highest BCUT2D eigenvalue weighted by Gasteiger charge is 2.22. The van der Waals surface area contributed by atoms with Crippen molar-refractivity contribution < 1.29 is 13.2 Å². The number of benzene rings is 2. The lowest BCUT2D eigenvalue weighted by atomic mass is 10.1. The highest BCUT2D eigenvalue weighted by Crippen LogP contribution is 2.32. The molecule has 0 radical (unpaired) electrons. The van der Waals surface area contributed by atoms with Crippen LogP contribution in [0.25, 0.3) is 0 Å². The van der Waals surface area contributed by atoms with E-state index in [4.69, 9.17) is 0 Å². The minimum absolute atomic E-state index is 0.0228. The number of aliphatic imine (C=N–C) groups is 1. The molecule has 0 bridgehead atoms. The molecular weight excluding hydrogens is 352 g/mol. The van der Waals surface area contributed by atoms with Crippen molar-refractivity contribution in [1.82, 2.24) is 5.32 Å². The number of nitrogens with one attached hydrogen (secondary N) is 2. The maximum absolute atomic E-state index is 11.9. The molecule has 1 aliphatic rings. The number of carbonyl (C=O) groups excluding carboxylic acids is 1. The summed E-state index contributed by atoms with van der Waals surface area (Å²) in [6.07, 6.45) is 1.51.